The fourth-order valence-electron chi connectivity index (χ4n) is 1.82. The van der Waals surface area contributed by atoms with Gasteiger partial charge in [-0.15, -0.1) is 0 Å². The summed E-state index contributed by atoms with van der Waals surface area (Å²) in [6.07, 6.45) is 8.58. The summed E-state index contributed by atoms with van der Waals surface area (Å²) >= 11 is -1.58. The van der Waals surface area contributed by atoms with Gasteiger partial charge in [0.1, 0.15) is 0 Å². The number of aliphatic hydroxyl groups is 1. The van der Waals surface area contributed by atoms with Crippen molar-refractivity contribution in [3.63, 3.8) is 0 Å². The van der Waals surface area contributed by atoms with Gasteiger partial charge in [-0.05, 0) is 0 Å². The van der Waals surface area contributed by atoms with E-state index in [0.717, 1.165) is 25.9 Å². The SMILES string of the molecule is CCC[CH2][SnH]([CH2]CCC)[O]CCCCCO. The summed E-state index contributed by atoms with van der Waals surface area (Å²) in [4.78, 5) is 0. The molecule has 0 amide bonds. The number of unbranched alkanes of at least 4 members (excludes halogenated alkanes) is 4. The minimum absolute atomic E-state index is 0.332. The third kappa shape index (κ3) is 11.2. The van der Waals surface area contributed by atoms with E-state index in [1.165, 1.54) is 34.6 Å². The van der Waals surface area contributed by atoms with Crippen LogP contribution in [0.3, 0.4) is 0 Å². The normalized spacial score (nSPS) is 11.2. The summed E-state index contributed by atoms with van der Waals surface area (Å²) in [5, 5.41) is 8.68. The fraction of sp³-hybridized carbons (Fsp3) is 1.00. The number of hydrogen-bond donors (Lipinski definition) is 1. The van der Waals surface area contributed by atoms with Crippen LogP contribution in [0, 0.1) is 0 Å². The molecule has 0 aromatic rings. The summed E-state index contributed by atoms with van der Waals surface area (Å²) in [6, 6.07) is 0. The monoisotopic (exact) mass is 338 g/mol. The Bertz CT molecular complexity index is 123. The number of hydrogen-bond acceptors (Lipinski definition) is 2. The van der Waals surface area contributed by atoms with E-state index in [1.54, 1.807) is 0 Å². The first-order chi connectivity index (χ1) is 7.85. The summed E-state index contributed by atoms with van der Waals surface area (Å²) in [5.74, 6) is 0. The molecule has 0 saturated carbocycles. The van der Waals surface area contributed by atoms with Gasteiger partial charge in [-0.2, -0.15) is 0 Å². The standard InChI is InChI=1S/C5H11O2.2C4H9.Sn.H/c6-4-2-1-3-5-7;2*1-3-4-2;;/h6H,1-5H2;2*1,3-4H2,2H3;;/q-1;;;+1;. The molecule has 0 aliphatic carbocycles. The summed E-state index contributed by atoms with van der Waals surface area (Å²) in [7, 11) is 0. The third-order valence-electron chi connectivity index (χ3n) is 2.92. The zero-order valence-corrected chi connectivity index (χ0v) is 14.5. The first-order valence-corrected chi connectivity index (χ1v) is 13.1. The van der Waals surface area contributed by atoms with Crippen LogP contribution < -0.4 is 0 Å². The van der Waals surface area contributed by atoms with Crippen LogP contribution in [-0.4, -0.2) is 38.5 Å². The molecule has 1 N–H and O–H groups in total. The van der Waals surface area contributed by atoms with E-state index in [2.05, 4.69) is 13.8 Å². The summed E-state index contributed by atoms with van der Waals surface area (Å²) in [6.45, 7) is 5.83. The third-order valence-corrected chi connectivity index (χ3v) is 10.9. The maximum absolute atomic E-state index is 8.68. The van der Waals surface area contributed by atoms with E-state index >= 15 is 0 Å². The first-order valence-electron chi connectivity index (χ1n) is 7.07. The van der Waals surface area contributed by atoms with E-state index in [1.807, 2.05) is 0 Å². The van der Waals surface area contributed by atoms with Crippen molar-refractivity contribution in [1.29, 1.82) is 0 Å². The molecule has 16 heavy (non-hydrogen) atoms. The molecule has 0 bridgehead atoms. The van der Waals surface area contributed by atoms with Crippen molar-refractivity contribution in [3.05, 3.63) is 0 Å². The molecule has 0 radical (unpaired) electrons. The van der Waals surface area contributed by atoms with Gasteiger partial charge in [0.2, 0.25) is 0 Å². The first kappa shape index (κ1) is 16.7. The zero-order valence-electron chi connectivity index (χ0n) is 11.2. The molecular weight excluding hydrogens is 307 g/mol. The molecule has 3 heteroatoms. The molecule has 0 rings (SSSR count). The van der Waals surface area contributed by atoms with E-state index in [9.17, 15) is 0 Å². The quantitative estimate of drug-likeness (QED) is 0.436. The molecule has 0 heterocycles. The van der Waals surface area contributed by atoms with Gasteiger partial charge in [0.25, 0.3) is 0 Å². The Morgan fingerprint density at radius 2 is 1.50 bits per heavy atom. The predicted molar refractivity (Wildman–Crippen MR) is 73.5 cm³/mol. The van der Waals surface area contributed by atoms with Crippen LogP contribution in [0.15, 0.2) is 0 Å². The van der Waals surface area contributed by atoms with Crippen LogP contribution in [-0.2, 0) is 3.07 Å². The van der Waals surface area contributed by atoms with Gasteiger partial charge in [0, 0.05) is 0 Å². The summed E-state index contributed by atoms with van der Waals surface area (Å²) in [5.41, 5.74) is 0. The Hall–Kier alpha value is 0.719. The zero-order chi connectivity index (χ0) is 12.1. The maximum atomic E-state index is 8.68. The molecule has 0 unspecified atom stereocenters. The van der Waals surface area contributed by atoms with Crippen LogP contribution >= 0.6 is 0 Å². The number of aliphatic hydroxyl groups excluding tert-OH is 1. The van der Waals surface area contributed by atoms with Gasteiger partial charge in [-0.25, -0.2) is 0 Å². The van der Waals surface area contributed by atoms with Gasteiger partial charge < -0.3 is 0 Å². The molecule has 0 saturated heterocycles. The Labute approximate surface area is 109 Å². The van der Waals surface area contributed by atoms with Gasteiger partial charge >= 0.3 is 109 Å². The molecular formula is C13H30O2Sn. The van der Waals surface area contributed by atoms with Gasteiger partial charge in [-0.1, -0.05) is 0 Å². The molecule has 0 aliphatic heterocycles. The molecule has 0 atom stereocenters. The molecule has 0 fully saturated rings. The van der Waals surface area contributed by atoms with E-state index < -0.39 is 20.2 Å². The Balaban J connectivity index is 3.48. The second-order valence-electron chi connectivity index (χ2n) is 4.56. The van der Waals surface area contributed by atoms with Gasteiger partial charge in [0.15, 0.2) is 0 Å². The molecule has 2 nitrogen and oxygen atoms in total. The molecule has 0 aromatic heterocycles. The predicted octanol–water partition coefficient (Wildman–Crippen LogP) is 3.49. The van der Waals surface area contributed by atoms with E-state index in [4.69, 9.17) is 8.18 Å². The summed E-state index contributed by atoms with van der Waals surface area (Å²) < 4.78 is 8.98. The van der Waals surface area contributed by atoms with E-state index in [0.29, 0.717) is 6.61 Å². The van der Waals surface area contributed by atoms with Gasteiger partial charge in [0.05, 0.1) is 0 Å². The van der Waals surface area contributed by atoms with Crippen molar-refractivity contribution in [2.45, 2.75) is 67.7 Å². The topological polar surface area (TPSA) is 29.5 Å². The van der Waals surface area contributed by atoms with Crippen LogP contribution in [0.4, 0.5) is 0 Å². The van der Waals surface area contributed by atoms with Crippen molar-refractivity contribution >= 4 is 20.2 Å². The molecule has 0 spiro atoms. The Morgan fingerprint density at radius 1 is 0.875 bits per heavy atom. The van der Waals surface area contributed by atoms with E-state index in [-0.39, 0.29) is 0 Å². The van der Waals surface area contributed by atoms with Crippen molar-refractivity contribution in [1.82, 2.24) is 0 Å². The van der Waals surface area contributed by atoms with Crippen LogP contribution in [0.25, 0.3) is 0 Å². The van der Waals surface area contributed by atoms with Crippen molar-refractivity contribution in [3.8, 4) is 0 Å². The second kappa shape index (κ2) is 13.8. The van der Waals surface area contributed by atoms with Gasteiger partial charge in [-0.3, -0.25) is 0 Å². The van der Waals surface area contributed by atoms with Crippen LogP contribution in [0.2, 0.25) is 8.87 Å². The molecule has 98 valence electrons. The van der Waals surface area contributed by atoms with Crippen molar-refractivity contribution < 1.29 is 8.18 Å². The minimum atomic E-state index is -1.58. The fourth-order valence-corrected chi connectivity index (χ4v) is 9.95. The average molecular weight is 337 g/mol. The van der Waals surface area contributed by atoms with Crippen LogP contribution in [0.1, 0.15) is 58.8 Å². The second-order valence-corrected chi connectivity index (χ2v) is 12.4. The molecule has 0 aliphatic rings. The Morgan fingerprint density at radius 3 is 2.00 bits per heavy atom. The van der Waals surface area contributed by atoms with Crippen molar-refractivity contribution in [2.24, 2.45) is 0 Å². The van der Waals surface area contributed by atoms with Crippen LogP contribution in [0.5, 0.6) is 0 Å². The average Bonchev–Trinajstić information content (AvgIpc) is 2.31. The number of rotatable bonds is 12. The van der Waals surface area contributed by atoms with Crippen molar-refractivity contribution in [2.75, 3.05) is 13.2 Å². The molecule has 0 aromatic carbocycles. The Kier molecular flexibility index (Phi) is 14.4.